The lowest BCUT2D eigenvalue weighted by molar-refractivity contribution is 0.137. The lowest BCUT2D eigenvalue weighted by Gasteiger charge is -2.22. The molecule has 3 aliphatic rings. The van der Waals surface area contributed by atoms with Crippen LogP contribution in [0.15, 0.2) is 39.7 Å². The van der Waals surface area contributed by atoms with Crippen LogP contribution in [0.3, 0.4) is 0 Å². The summed E-state index contributed by atoms with van der Waals surface area (Å²) in [5.74, 6) is 0.286. The van der Waals surface area contributed by atoms with Gasteiger partial charge in [0.2, 0.25) is 5.88 Å². The van der Waals surface area contributed by atoms with Gasteiger partial charge in [-0.25, -0.2) is 9.37 Å². The molecule has 1 aromatic heterocycles. The van der Waals surface area contributed by atoms with Crippen molar-refractivity contribution in [2.75, 3.05) is 19.8 Å². The van der Waals surface area contributed by atoms with Gasteiger partial charge >= 0.3 is 0 Å². The van der Waals surface area contributed by atoms with Crippen LogP contribution in [0.5, 0.6) is 5.88 Å². The number of rotatable bonds is 4. The second-order valence-electron chi connectivity index (χ2n) is 7.70. The number of halogens is 1. The van der Waals surface area contributed by atoms with Crippen LogP contribution >= 0.6 is 0 Å². The molecule has 0 radical (unpaired) electrons. The zero-order valence-electron chi connectivity index (χ0n) is 16.2. The first-order chi connectivity index (χ1) is 14.3. The van der Waals surface area contributed by atoms with Crippen molar-refractivity contribution < 1.29 is 13.9 Å². The number of aromatic nitrogens is 1. The van der Waals surface area contributed by atoms with Crippen molar-refractivity contribution in [1.82, 2.24) is 4.98 Å². The summed E-state index contributed by atoms with van der Waals surface area (Å²) in [5.41, 5.74) is 5.53. The summed E-state index contributed by atoms with van der Waals surface area (Å²) in [4.78, 5) is 4.95. The SMILES string of the molecule is Fc1cccc(-c2c3c(nc(O[C@H]4CCOC4)c2C2=NN=NC2)CCCCC3)c1. The summed E-state index contributed by atoms with van der Waals surface area (Å²) in [6.45, 7) is 1.61. The van der Waals surface area contributed by atoms with Crippen molar-refractivity contribution in [3.05, 3.63) is 46.9 Å². The van der Waals surface area contributed by atoms with E-state index in [0.717, 1.165) is 66.6 Å². The van der Waals surface area contributed by atoms with Crippen molar-refractivity contribution >= 4 is 5.71 Å². The molecule has 7 heteroatoms. The molecule has 0 N–H and O–H groups in total. The molecular weight excluding hydrogens is 371 g/mol. The molecule has 1 fully saturated rings. The van der Waals surface area contributed by atoms with Crippen LogP contribution in [-0.2, 0) is 17.6 Å². The van der Waals surface area contributed by atoms with Crippen LogP contribution in [0.25, 0.3) is 11.1 Å². The second kappa shape index (κ2) is 7.99. The van der Waals surface area contributed by atoms with E-state index in [9.17, 15) is 4.39 Å². The van der Waals surface area contributed by atoms with Crippen LogP contribution in [0.2, 0.25) is 0 Å². The van der Waals surface area contributed by atoms with Gasteiger partial charge in [0, 0.05) is 17.7 Å². The third kappa shape index (κ3) is 3.67. The number of benzene rings is 1. The van der Waals surface area contributed by atoms with E-state index in [1.54, 1.807) is 12.1 Å². The molecule has 6 nitrogen and oxygen atoms in total. The molecule has 0 bridgehead atoms. The van der Waals surface area contributed by atoms with Gasteiger partial charge in [-0.15, -0.1) is 5.10 Å². The van der Waals surface area contributed by atoms with Gasteiger partial charge in [-0.3, -0.25) is 0 Å². The Morgan fingerprint density at radius 3 is 2.83 bits per heavy atom. The third-order valence-corrected chi connectivity index (χ3v) is 5.71. The second-order valence-corrected chi connectivity index (χ2v) is 7.70. The van der Waals surface area contributed by atoms with Crippen LogP contribution in [0.1, 0.15) is 42.5 Å². The Hall–Kier alpha value is -2.67. The van der Waals surface area contributed by atoms with Gasteiger partial charge in [0.15, 0.2) is 0 Å². The molecule has 1 saturated heterocycles. The standard InChI is InChI=1S/C22H23FN4O2/c23-15-6-4-5-14(11-15)20-17-7-2-1-3-8-18(17)25-22(29-16-9-10-28-13-16)21(20)19-12-24-27-26-19/h4-6,11,16H,1-3,7-10,12-13H2/t16-/m0/s1. The number of hydrogen-bond donors (Lipinski definition) is 0. The Morgan fingerprint density at radius 2 is 2.03 bits per heavy atom. The average molecular weight is 394 g/mol. The Balaban J connectivity index is 1.74. The molecule has 0 spiro atoms. The fraction of sp³-hybridized carbons (Fsp3) is 0.455. The first-order valence-corrected chi connectivity index (χ1v) is 10.3. The van der Waals surface area contributed by atoms with E-state index >= 15 is 0 Å². The highest BCUT2D eigenvalue weighted by molar-refractivity contribution is 6.10. The van der Waals surface area contributed by atoms with E-state index in [2.05, 4.69) is 15.4 Å². The number of nitrogens with zero attached hydrogens (tertiary/aromatic N) is 4. The summed E-state index contributed by atoms with van der Waals surface area (Å²) >= 11 is 0. The van der Waals surface area contributed by atoms with Gasteiger partial charge in [0.1, 0.15) is 24.2 Å². The summed E-state index contributed by atoms with van der Waals surface area (Å²) in [5, 5.41) is 12.1. The Kier molecular flexibility index (Phi) is 5.06. The largest absolute Gasteiger partial charge is 0.471 e. The minimum atomic E-state index is -0.262. The Labute approximate surface area is 168 Å². The van der Waals surface area contributed by atoms with Crippen molar-refractivity contribution in [3.8, 4) is 17.0 Å². The van der Waals surface area contributed by atoms with Crippen LogP contribution in [0, 0.1) is 5.82 Å². The molecule has 1 atom stereocenters. The number of pyridine rings is 1. The topological polar surface area (TPSA) is 68.4 Å². The predicted molar refractivity (Wildman–Crippen MR) is 107 cm³/mol. The molecule has 0 saturated carbocycles. The van der Waals surface area contributed by atoms with E-state index in [0.29, 0.717) is 25.6 Å². The van der Waals surface area contributed by atoms with Crippen molar-refractivity contribution in [2.24, 2.45) is 15.4 Å². The lowest BCUT2D eigenvalue weighted by Crippen LogP contribution is -2.21. The van der Waals surface area contributed by atoms with Gasteiger partial charge < -0.3 is 9.47 Å². The molecule has 0 unspecified atom stereocenters. The van der Waals surface area contributed by atoms with E-state index < -0.39 is 0 Å². The maximum atomic E-state index is 14.2. The first-order valence-electron chi connectivity index (χ1n) is 10.3. The molecule has 0 amide bonds. The fourth-order valence-corrected chi connectivity index (χ4v) is 4.32. The molecule has 3 heterocycles. The summed E-state index contributed by atoms with van der Waals surface area (Å²) in [6, 6.07) is 6.73. The number of ether oxygens (including phenoxy) is 2. The molecule has 150 valence electrons. The molecule has 29 heavy (non-hydrogen) atoms. The van der Waals surface area contributed by atoms with E-state index in [-0.39, 0.29) is 11.9 Å². The minimum Gasteiger partial charge on any atom is -0.471 e. The summed E-state index contributed by atoms with van der Waals surface area (Å²) in [7, 11) is 0. The molecule has 2 aromatic rings. The van der Waals surface area contributed by atoms with Crippen molar-refractivity contribution in [2.45, 2.75) is 44.6 Å². The monoisotopic (exact) mass is 394 g/mol. The van der Waals surface area contributed by atoms with Gasteiger partial charge in [-0.2, -0.15) is 5.11 Å². The lowest BCUT2D eigenvalue weighted by atomic mass is 9.89. The third-order valence-electron chi connectivity index (χ3n) is 5.71. The molecule has 2 aliphatic heterocycles. The highest BCUT2D eigenvalue weighted by atomic mass is 19.1. The smallest absolute Gasteiger partial charge is 0.224 e. The van der Waals surface area contributed by atoms with Crippen LogP contribution < -0.4 is 4.74 Å². The molecular formula is C22H23FN4O2. The summed E-state index contributed by atoms with van der Waals surface area (Å²) in [6.07, 6.45) is 5.95. The predicted octanol–water partition coefficient (Wildman–Crippen LogP) is 4.49. The van der Waals surface area contributed by atoms with E-state index in [1.165, 1.54) is 11.6 Å². The van der Waals surface area contributed by atoms with Gasteiger partial charge in [-0.1, -0.05) is 18.6 Å². The van der Waals surface area contributed by atoms with E-state index in [1.807, 2.05) is 6.07 Å². The quantitative estimate of drug-likeness (QED) is 0.717. The zero-order valence-corrected chi connectivity index (χ0v) is 16.2. The highest BCUT2D eigenvalue weighted by Crippen LogP contribution is 2.39. The van der Waals surface area contributed by atoms with Gasteiger partial charge in [0.25, 0.3) is 0 Å². The van der Waals surface area contributed by atoms with Crippen molar-refractivity contribution in [1.29, 1.82) is 0 Å². The minimum absolute atomic E-state index is 0.0404. The van der Waals surface area contributed by atoms with Gasteiger partial charge in [0.05, 0.1) is 18.8 Å². The molecule has 1 aliphatic carbocycles. The Bertz CT molecular complexity index is 983. The zero-order chi connectivity index (χ0) is 19.6. The Morgan fingerprint density at radius 1 is 1.10 bits per heavy atom. The number of fused-ring (bicyclic) bond motifs is 1. The average Bonchev–Trinajstić information content (AvgIpc) is 3.38. The molecule has 1 aromatic carbocycles. The van der Waals surface area contributed by atoms with Crippen molar-refractivity contribution in [3.63, 3.8) is 0 Å². The van der Waals surface area contributed by atoms with Crippen LogP contribution in [-0.4, -0.2) is 36.6 Å². The fourth-order valence-electron chi connectivity index (χ4n) is 4.32. The highest BCUT2D eigenvalue weighted by Gasteiger charge is 2.29. The van der Waals surface area contributed by atoms with Crippen LogP contribution in [0.4, 0.5) is 4.39 Å². The normalized spacial score (nSPS) is 21.0. The molecule has 5 rings (SSSR count). The van der Waals surface area contributed by atoms with Gasteiger partial charge in [-0.05, 0) is 54.2 Å². The number of aryl methyl sites for hydroxylation is 1. The number of hydrogen-bond acceptors (Lipinski definition) is 6. The van der Waals surface area contributed by atoms with E-state index in [4.69, 9.17) is 14.5 Å². The first kappa shape index (κ1) is 18.4. The summed E-state index contributed by atoms with van der Waals surface area (Å²) < 4.78 is 26.0. The maximum Gasteiger partial charge on any atom is 0.224 e. The maximum absolute atomic E-state index is 14.2.